The van der Waals surface area contributed by atoms with Crippen molar-refractivity contribution in [3.05, 3.63) is 28.0 Å². The number of hydrogen-bond acceptors (Lipinski definition) is 4. The van der Waals surface area contributed by atoms with Crippen LogP contribution in [0.4, 0.5) is 0 Å². The highest BCUT2D eigenvalue weighted by atomic mass is 35.5. The molecule has 4 nitrogen and oxygen atoms in total. The van der Waals surface area contributed by atoms with Crippen molar-refractivity contribution in [3.8, 4) is 0 Å². The highest BCUT2D eigenvalue weighted by Gasteiger charge is 2.19. The van der Waals surface area contributed by atoms with Gasteiger partial charge in [0, 0.05) is 17.7 Å². The molecule has 0 amide bonds. The summed E-state index contributed by atoms with van der Waals surface area (Å²) in [5.74, 6) is -0.437. The van der Waals surface area contributed by atoms with E-state index >= 15 is 0 Å². The molecule has 1 aromatic rings. The van der Waals surface area contributed by atoms with Crippen LogP contribution in [-0.2, 0) is 22.5 Å². The van der Waals surface area contributed by atoms with E-state index in [-0.39, 0.29) is 5.15 Å². The number of halogens is 1. The zero-order chi connectivity index (χ0) is 11.5. The van der Waals surface area contributed by atoms with Crippen molar-refractivity contribution in [1.82, 2.24) is 4.98 Å². The van der Waals surface area contributed by atoms with E-state index in [0.29, 0.717) is 25.4 Å². The van der Waals surface area contributed by atoms with E-state index in [4.69, 9.17) is 21.1 Å². The fourth-order valence-electron chi connectivity index (χ4n) is 1.61. The number of rotatable bonds is 2. The molecular formula is C11H12ClNO3. The maximum absolute atomic E-state index is 11.6. The van der Waals surface area contributed by atoms with Gasteiger partial charge in [0.2, 0.25) is 0 Å². The van der Waals surface area contributed by atoms with Gasteiger partial charge in [-0.05, 0) is 13.0 Å². The molecule has 1 aromatic heterocycles. The van der Waals surface area contributed by atoms with E-state index in [1.807, 2.05) is 0 Å². The minimum absolute atomic E-state index is 0.208. The van der Waals surface area contributed by atoms with Gasteiger partial charge < -0.3 is 9.47 Å². The van der Waals surface area contributed by atoms with Gasteiger partial charge in [-0.15, -0.1) is 0 Å². The van der Waals surface area contributed by atoms with Gasteiger partial charge in [0.15, 0.2) is 0 Å². The van der Waals surface area contributed by atoms with Gasteiger partial charge in [-0.3, -0.25) is 0 Å². The zero-order valence-electron chi connectivity index (χ0n) is 8.96. The molecule has 2 rings (SSSR count). The molecule has 86 valence electrons. The number of carbonyl (C=O) groups excluding carboxylic acids is 1. The number of ether oxygens (including phenoxy) is 2. The summed E-state index contributed by atoms with van der Waals surface area (Å²) in [7, 11) is 0. The smallest absolute Gasteiger partial charge is 0.341 e. The molecular weight excluding hydrogens is 230 g/mol. The molecule has 1 aliphatic rings. The molecule has 0 N–H and O–H groups in total. The summed E-state index contributed by atoms with van der Waals surface area (Å²) in [6.45, 7) is 3.20. The maximum atomic E-state index is 11.6. The minimum Gasteiger partial charge on any atom is -0.462 e. The largest absolute Gasteiger partial charge is 0.462 e. The van der Waals surface area contributed by atoms with E-state index < -0.39 is 5.97 Å². The Bertz CT molecular complexity index is 420. The van der Waals surface area contributed by atoms with Crippen molar-refractivity contribution in [1.29, 1.82) is 0 Å². The van der Waals surface area contributed by atoms with E-state index in [0.717, 1.165) is 17.7 Å². The average Bonchev–Trinajstić information content (AvgIpc) is 2.28. The van der Waals surface area contributed by atoms with Gasteiger partial charge in [-0.1, -0.05) is 11.6 Å². The third-order valence-electron chi connectivity index (χ3n) is 2.38. The lowest BCUT2D eigenvalue weighted by atomic mass is 10.1. The Morgan fingerprint density at radius 1 is 1.69 bits per heavy atom. The fourth-order valence-corrected chi connectivity index (χ4v) is 1.85. The first kappa shape index (κ1) is 11.4. The number of pyridine rings is 1. The monoisotopic (exact) mass is 241 g/mol. The Balaban J connectivity index is 2.35. The lowest BCUT2D eigenvalue weighted by Gasteiger charge is -2.16. The number of fused-ring (bicyclic) bond motifs is 1. The molecule has 0 unspecified atom stereocenters. The SMILES string of the molecule is CCOC(=O)c1cc2c(nc1Cl)CCOC2. The third kappa shape index (κ3) is 2.18. The zero-order valence-corrected chi connectivity index (χ0v) is 9.71. The van der Waals surface area contributed by atoms with E-state index in [1.54, 1.807) is 13.0 Å². The second-order valence-corrected chi connectivity index (χ2v) is 3.81. The van der Waals surface area contributed by atoms with Gasteiger partial charge >= 0.3 is 5.97 Å². The first-order chi connectivity index (χ1) is 7.72. The first-order valence-corrected chi connectivity index (χ1v) is 5.53. The molecule has 0 saturated heterocycles. The molecule has 0 fully saturated rings. The number of carbonyl (C=O) groups is 1. The summed E-state index contributed by atoms with van der Waals surface area (Å²) in [5.41, 5.74) is 2.13. The van der Waals surface area contributed by atoms with Gasteiger partial charge in [-0.25, -0.2) is 9.78 Å². The Kier molecular flexibility index (Phi) is 3.41. The van der Waals surface area contributed by atoms with Gasteiger partial charge in [0.05, 0.1) is 25.4 Å². The molecule has 2 heterocycles. The molecule has 0 saturated carbocycles. The van der Waals surface area contributed by atoms with Crippen LogP contribution in [0.2, 0.25) is 5.15 Å². The molecule has 5 heteroatoms. The normalized spacial score (nSPS) is 14.4. The summed E-state index contributed by atoms with van der Waals surface area (Å²) >= 11 is 5.94. The predicted octanol–water partition coefficient (Wildman–Crippen LogP) is 1.98. The third-order valence-corrected chi connectivity index (χ3v) is 2.67. The number of nitrogens with zero attached hydrogens (tertiary/aromatic N) is 1. The topological polar surface area (TPSA) is 48.4 Å². The Morgan fingerprint density at radius 2 is 2.50 bits per heavy atom. The van der Waals surface area contributed by atoms with Crippen LogP contribution in [0.15, 0.2) is 6.07 Å². The molecule has 0 aliphatic carbocycles. The summed E-state index contributed by atoms with van der Waals surface area (Å²) in [5, 5.41) is 0.208. The molecule has 0 radical (unpaired) electrons. The minimum atomic E-state index is -0.437. The van der Waals surface area contributed by atoms with E-state index in [9.17, 15) is 4.79 Å². The second-order valence-electron chi connectivity index (χ2n) is 3.46. The lowest BCUT2D eigenvalue weighted by Crippen LogP contribution is -2.15. The van der Waals surface area contributed by atoms with Crippen LogP contribution in [-0.4, -0.2) is 24.2 Å². The highest BCUT2D eigenvalue weighted by Crippen LogP contribution is 2.22. The Morgan fingerprint density at radius 3 is 3.25 bits per heavy atom. The average molecular weight is 242 g/mol. The standard InChI is InChI=1S/C11H12ClNO3/c1-2-16-11(14)8-5-7-6-15-4-3-9(7)13-10(8)12/h5H,2-4,6H2,1H3. The highest BCUT2D eigenvalue weighted by molar-refractivity contribution is 6.32. The van der Waals surface area contributed by atoms with Crippen LogP contribution < -0.4 is 0 Å². The fraction of sp³-hybridized carbons (Fsp3) is 0.455. The second kappa shape index (κ2) is 4.80. The van der Waals surface area contributed by atoms with Crippen molar-refractivity contribution in [2.75, 3.05) is 13.2 Å². The molecule has 0 spiro atoms. The van der Waals surface area contributed by atoms with E-state index in [2.05, 4.69) is 4.98 Å². The van der Waals surface area contributed by atoms with Crippen molar-refractivity contribution in [2.24, 2.45) is 0 Å². The molecule has 1 aliphatic heterocycles. The van der Waals surface area contributed by atoms with Gasteiger partial charge in [0.1, 0.15) is 5.15 Å². The quantitative estimate of drug-likeness (QED) is 0.587. The van der Waals surface area contributed by atoms with Crippen LogP contribution in [0.25, 0.3) is 0 Å². The van der Waals surface area contributed by atoms with Crippen LogP contribution in [0.1, 0.15) is 28.5 Å². The maximum Gasteiger partial charge on any atom is 0.341 e. The van der Waals surface area contributed by atoms with Crippen molar-refractivity contribution in [2.45, 2.75) is 20.0 Å². The van der Waals surface area contributed by atoms with Crippen LogP contribution in [0.3, 0.4) is 0 Å². The summed E-state index contributed by atoms with van der Waals surface area (Å²) < 4.78 is 10.2. The van der Waals surface area contributed by atoms with Crippen LogP contribution in [0.5, 0.6) is 0 Å². The van der Waals surface area contributed by atoms with Gasteiger partial charge in [0.25, 0.3) is 0 Å². The summed E-state index contributed by atoms with van der Waals surface area (Å²) in [6.07, 6.45) is 0.734. The lowest BCUT2D eigenvalue weighted by molar-refractivity contribution is 0.0525. The number of aromatic nitrogens is 1. The van der Waals surface area contributed by atoms with Gasteiger partial charge in [-0.2, -0.15) is 0 Å². The van der Waals surface area contributed by atoms with E-state index in [1.165, 1.54) is 0 Å². The molecule has 0 aromatic carbocycles. The number of hydrogen-bond donors (Lipinski definition) is 0. The molecule has 0 atom stereocenters. The summed E-state index contributed by atoms with van der Waals surface area (Å²) in [4.78, 5) is 15.8. The van der Waals surface area contributed by atoms with Crippen molar-refractivity contribution < 1.29 is 14.3 Å². The Hall–Kier alpha value is -1.13. The number of esters is 1. The van der Waals surface area contributed by atoms with Crippen LogP contribution in [0, 0.1) is 0 Å². The predicted molar refractivity (Wildman–Crippen MR) is 58.6 cm³/mol. The Labute approximate surface area is 98.5 Å². The van der Waals surface area contributed by atoms with Crippen LogP contribution >= 0.6 is 11.6 Å². The van der Waals surface area contributed by atoms with Crippen molar-refractivity contribution >= 4 is 17.6 Å². The summed E-state index contributed by atoms with van der Waals surface area (Å²) in [6, 6.07) is 1.71. The molecule has 0 bridgehead atoms. The van der Waals surface area contributed by atoms with Crippen molar-refractivity contribution in [3.63, 3.8) is 0 Å². The molecule has 16 heavy (non-hydrogen) atoms. The first-order valence-electron chi connectivity index (χ1n) is 5.15.